The van der Waals surface area contributed by atoms with E-state index in [1.165, 1.54) is 57.4 Å². The molecule has 158 valence electrons. The van der Waals surface area contributed by atoms with Crippen LogP contribution in [-0.4, -0.2) is 27.2 Å². The van der Waals surface area contributed by atoms with Crippen molar-refractivity contribution in [2.45, 2.75) is 43.4 Å². The summed E-state index contributed by atoms with van der Waals surface area (Å²) < 4.78 is 26.7. The first-order chi connectivity index (χ1) is 13.9. The van der Waals surface area contributed by atoms with E-state index in [1.807, 2.05) is 0 Å². The van der Waals surface area contributed by atoms with Crippen molar-refractivity contribution in [2.24, 2.45) is 5.92 Å². The average Bonchev–Trinajstić information content (AvgIpc) is 2.74. The summed E-state index contributed by atoms with van der Waals surface area (Å²) in [5.74, 6) is 0.693. The van der Waals surface area contributed by atoms with Crippen LogP contribution in [0.1, 0.15) is 38.5 Å². The molecule has 0 amide bonds. The highest BCUT2D eigenvalue weighted by atomic mass is 32.2. The summed E-state index contributed by atoms with van der Waals surface area (Å²) in [4.78, 5) is 0.154. The second-order valence-corrected chi connectivity index (χ2v) is 9.45. The molecule has 2 aromatic rings. The molecule has 8 heteroatoms. The van der Waals surface area contributed by atoms with Gasteiger partial charge in [-0.1, -0.05) is 50.3 Å². The monoisotopic (exact) mass is 418 g/mol. The Morgan fingerprint density at radius 2 is 1.79 bits per heavy atom. The molecule has 0 radical (unpaired) electrons. The van der Waals surface area contributed by atoms with Crippen molar-refractivity contribution in [3.63, 3.8) is 0 Å². The van der Waals surface area contributed by atoms with Gasteiger partial charge in [-0.15, -0.1) is 0 Å². The Kier molecular flexibility index (Phi) is 7.00. The summed E-state index contributed by atoms with van der Waals surface area (Å²) >= 11 is 0. The standard InChI is InChI=1S/C21H28N3O4S/c1-23(29(27,28)19-10-6-3-7-11-19)18-12-13-20(21(16-18)24(25)26)22-15-14-17-8-4-2-5-9-17/h3,6-7,10-13,16-17,22,25H,2,4-5,8-9,14-15H2,1H3/q-1. The van der Waals surface area contributed by atoms with Gasteiger partial charge in [0.15, 0.2) is 0 Å². The number of anilines is 3. The van der Waals surface area contributed by atoms with E-state index >= 15 is 0 Å². The van der Waals surface area contributed by atoms with Gasteiger partial charge in [-0.25, -0.2) is 8.42 Å². The van der Waals surface area contributed by atoms with Crippen molar-refractivity contribution in [3.05, 3.63) is 53.7 Å². The van der Waals surface area contributed by atoms with E-state index in [1.54, 1.807) is 30.3 Å². The van der Waals surface area contributed by atoms with E-state index in [0.29, 0.717) is 18.2 Å². The lowest BCUT2D eigenvalue weighted by Crippen LogP contribution is -2.27. The number of benzene rings is 2. The van der Waals surface area contributed by atoms with Gasteiger partial charge in [0, 0.05) is 13.6 Å². The van der Waals surface area contributed by atoms with Gasteiger partial charge < -0.3 is 15.8 Å². The summed E-state index contributed by atoms with van der Waals surface area (Å²) in [7, 11) is -2.35. The van der Waals surface area contributed by atoms with Crippen molar-refractivity contribution >= 4 is 27.1 Å². The molecule has 1 aliphatic rings. The fraction of sp³-hybridized carbons (Fsp3) is 0.429. The smallest absolute Gasteiger partial charge is 0.264 e. The highest BCUT2D eigenvalue weighted by Gasteiger charge is 2.22. The molecule has 2 N–H and O–H groups in total. The molecule has 0 aromatic heterocycles. The van der Waals surface area contributed by atoms with Gasteiger partial charge in [0.05, 0.1) is 22.0 Å². The molecule has 2 aromatic carbocycles. The lowest BCUT2D eigenvalue weighted by molar-refractivity contribution is 0.297. The molecule has 1 saturated carbocycles. The molecule has 3 rings (SSSR count). The van der Waals surface area contributed by atoms with Crippen LogP contribution in [0, 0.1) is 11.1 Å². The molecule has 0 aliphatic heterocycles. The van der Waals surface area contributed by atoms with Gasteiger partial charge >= 0.3 is 0 Å². The van der Waals surface area contributed by atoms with Crippen molar-refractivity contribution in [3.8, 4) is 0 Å². The third kappa shape index (κ3) is 5.20. The maximum atomic E-state index is 12.8. The molecule has 0 spiro atoms. The van der Waals surface area contributed by atoms with Gasteiger partial charge in [-0.3, -0.25) is 9.51 Å². The Morgan fingerprint density at radius 1 is 1.10 bits per heavy atom. The Labute approximate surface area is 172 Å². The van der Waals surface area contributed by atoms with Crippen molar-refractivity contribution in [1.82, 2.24) is 0 Å². The molecule has 0 saturated heterocycles. The van der Waals surface area contributed by atoms with Crippen molar-refractivity contribution in [2.75, 3.05) is 28.4 Å². The lowest BCUT2D eigenvalue weighted by Gasteiger charge is -2.28. The number of hydrogen-bond donors (Lipinski definition) is 2. The second-order valence-electron chi connectivity index (χ2n) is 7.48. The van der Waals surface area contributed by atoms with E-state index < -0.39 is 10.0 Å². The van der Waals surface area contributed by atoms with E-state index in [4.69, 9.17) is 0 Å². The third-order valence-corrected chi connectivity index (χ3v) is 7.35. The van der Waals surface area contributed by atoms with Gasteiger partial charge in [0.1, 0.15) is 0 Å². The minimum absolute atomic E-state index is 0.0127. The number of hydrogen-bond acceptors (Lipinski definition) is 6. The molecule has 0 unspecified atom stereocenters. The first-order valence-corrected chi connectivity index (χ1v) is 11.4. The van der Waals surface area contributed by atoms with Gasteiger partial charge in [0.2, 0.25) is 0 Å². The van der Waals surface area contributed by atoms with Crippen LogP contribution in [0.5, 0.6) is 0 Å². The topological polar surface area (TPSA) is 95.9 Å². The number of nitrogens with zero attached hydrogens (tertiary/aromatic N) is 2. The summed E-state index contributed by atoms with van der Waals surface area (Å²) in [5.41, 5.74) is 0.755. The van der Waals surface area contributed by atoms with Gasteiger partial charge in [-0.2, -0.15) is 0 Å². The fourth-order valence-corrected chi connectivity index (χ4v) is 5.01. The molecule has 0 atom stereocenters. The molecule has 0 heterocycles. The SMILES string of the molecule is CN(c1ccc(NCCC2CCCCC2)c(N([O-])O)c1)S(=O)(=O)c1ccccc1. The molecular formula is C21H28N3O4S-. The van der Waals surface area contributed by atoms with Gasteiger partial charge in [-0.05, 0) is 42.7 Å². The van der Waals surface area contributed by atoms with E-state index in [9.17, 15) is 18.8 Å². The van der Waals surface area contributed by atoms with Crippen LogP contribution in [0.4, 0.5) is 17.1 Å². The van der Waals surface area contributed by atoms with Crippen molar-refractivity contribution < 1.29 is 13.6 Å². The first-order valence-electron chi connectivity index (χ1n) is 9.97. The summed E-state index contributed by atoms with van der Waals surface area (Å²) in [6.07, 6.45) is 7.35. The van der Waals surface area contributed by atoms with Crippen LogP contribution in [-0.2, 0) is 10.0 Å². The average molecular weight is 419 g/mol. The summed E-state index contributed by atoms with van der Waals surface area (Å²) in [6, 6.07) is 12.7. The van der Waals surface area contributed by atoms with Crippen LogP contribution in [0.2, 0.25) is 0 Å². The highest BCUT2D eigenvalue weighted by Crippen LogP contribution is 2.32. The van der Waals surface area contributed by atoms with Crippen molar-refractivity contribution in [1.29, 1.82) is 0 Å². The van der Waals surface area contributed by atoms with Crippen LogP contribution >= 0.6 is 0 Å². The quantitative estimate of drug-likeness (QED) is 0.609. The molecular weight excluding hydrogens is 390 g/mol. The maximum Gasteiger partial charge on any atom is 0.264 e. The molecule has 1 aliphatic carbocycles. The zero-order valence-corrected chi connectivity index (χ0v) is 17.4. The number of sulfonamides is 1. The Morgan fingerprint density at radius 3 is 2.45 bits per heavy atom. The predicted molar refractivity (Wildman–Crippen MR) is 116 cm³/mol. The third-order valence-electron chi connectivity index (χ3n) is 5.55. The molecule has 7 nitrogen and oxygen atoms in total. The maximum absolute atomic E-state index is 12.8. The minimum Gasteiger partial charge on any atom is -0.733 e. The Bertz CT molecular complexity index is 897. The van der Waals surface area contributed by atoms with Crippen LogP contribution in [0.3, 0.4) is 0 Å². The fourth-order valence-electron chi connectivity index (χ4n) is 3.80. The highest BCUT2D eigenvalue weighted by molar-refractivity contribution is 7.92. The Hall–Kier alpha value is -2.29. The second kappa shape index (κ2) is 9.47. The Balaban J connectivity index is 1.75. The van der Waals surface area contributed by atoms with Gasteiger partial charge in [0.25, 0.3) is 10.0 Å². The zero-order valence-electron chi connectivity index (χ0n) is 16.6. The lowest BCUT2D eigenvalue weighted by atomic mass is 9.87. The molecule has 0 bridgehead atoms. The van der Waals surface area contributed by atoms with E-state index in [0.717, 1.165) is 10.7 Å². The number of nitrogens with one attached hydrogen (secondary N) is 1. The molecule has 1 fully saturated rings. The predicted octanol–water partition coefficient (Wildman–Crippen LogP) is 4.59. The van der Waals surface area contributed by atoms with E-state index in [-0.39, 0.29) is 21.5 Å². The van der Waals surface area contributed by atoms with Crippen LogP contribution in [0.15, 0.2) is 53.4 Å². The molecule has 29 heavy (non-hydrogen) atoms. The van der Waals surface area contributed by atoms with E-state index in [2.05, 4.69) is 5.32 Å². The van der Waals surface area contributed by atoms with Crippen LogP contribution < -0.4 is 14.8 Å². The number of rotatable bonds is 8. The van der Waals surface area contributed by atoms with Crippen LogP contribution in [0.25, 0.3) is 0 Å². The summed E-state index contributed by atoms with van der Waals surface area (Å²) in [5, 5.41) is 24.2. The zero-order chi connectivity index (χ0) is 20.9. The first kappa shape index (κ1) is 21.4. The summed E-state index contributed by atoms with van der Waals surface area (Å²) in [6.45, 7) is 0.697. The normalized spacial score (nSPS) is 15.1. The largest absolute Gasteiger partial charge is 0.733 e. The minimum atomic E-state index is -3.77.